The Kier molecular flexibility index (Phi) is 4.04. The van der Waals surface area contributed by atoms with Gasteiger partial charge in [-0.25, -0.2) is 15.0 Å². The van der Waals surface area contributed by atoms with E-state index in [0.29, 0.717) is 22.2 Å². The van der Waals surface area contributed by atoms with Gasteiger partial charge in [0.2, 0.25) is 0 Å². The highest BCUT2D eigenvalue weighted by Gasteiger charge is 2.30. The Morgan fingerprint density at radius 3 is 2.61 bits per heavy atom. The van der Waals surface area contributed by atoms with Gasteiger partial charge in [0.1, 0.15) is 11.8 Å². The van der Waals surface area contributed by atoms with Gasteiger partial charge in [-0.1, -0.05) is 17.7 Å². The number of rotatable bonds is 2. The van der Waals surface area contributed by atoms with Crippen LogP contribution in [0.5, 0.6) is 0 Å². The maximum absolute atomic E-state index is 12.8. The van der Waals surface area contributed by atoms with Gasteiger partial charge in [-0.15, -0.1) is 0 Å². The van der Waals surface area contributed by atoms with Crippen LogP contribution in [0.25, 0.3) is 0 Å². The lowest BCUT2D eigenvalue weighted by molar-refractivity contribution is -0.137. The van der Waals surface area contributed by atoms with Gasteiger partial charge in [0.25, 0.3) is 0 Å². The number of hydrogen-bond donors (Lipinski definition) is 0. The van der Waals surface area contributed by atoms with Crippen LogP contribution in [0.3, 0.4) is 0 Å². The molecule has 0 saturated heterocycles. The van der Waals surface area contributed by atoms with Crippen LogP contribution < -0.4 is 4.90 Å². The van der Waals surface area contributed by atoms with Crippen molar-refractivity contribution in [2.75, 3.05) is 11.6 Å². The van der Waals surface area contributed by atoms with Crippen LogP contribution in [0, 0.1) is 0 Å². The van der Waals surface area contributed by atoms with E-state index >= 15 is 0 Å². The standard InChI is InChI=1S/C15H10ClF3N4/c16-13-6-10(4-5-20-13)14-21-8-23(9-22-14)12-3-1-2-11(7-12)15(17,18)19/h1-8H,9H2. The van der Waals surface area contributed by atoms with E-state index in [-0.39, 0.29) is 6.67 Å². The molecule has 3 rings (SSSR count). The quantitative estimate of drug-likeness (QED) is 0.776. The molecule has 0 atom stereocenters. The van der Waals surface area contributed by atoms with Crippen LogP contribution in [-0.4, -0.2) is 23.8 Å². The zero-order valence-corrected chi connectivity index (χ0v) is 12.4. The van der Waals surface area contributed by atoms with E-state index in [1.165, 1.54) is 23.5 Å². The predicted molar refractivity (Wildman–Crippen MR) is 83.1 cm³/mol. The van der Waals surface area contributed by atoms with Crippen molar-refractivity contribution in [3.63, 3.8) is 0 Å². The minimum atomic E-state index is -4.38. The number of alkyl halides is 3. The van der Waals surface area contributed by atoms with Crippen LogP contribution in [0.4, 0.5) is 18.9 Å². The van der Waals surface area contributed by atoms with Gasteiger partial charge in [0, 0.05) is 17.4 Å². The average Bonchev–Trinajstić information content (AvgIpc) is 2.54. The van der Waals surface area contributed by atoms with E-state index in [4.69, 9.17) is 11.6 Å². The normalized spacial score (nSPS) is 14.8. The number of aliphatic imine (C=N–C) groups is 2. The Hall–Kier alpha value is -2.41. The smallest absolute Gasteiger partial charge is 0.312 e. The number of anilines is 1. The fourth-order valence-electron chi connectivity index (χ4n) is 2.06. The molecule has 0 N–H and O–H groups in total. The molecule has 0 fully saturated rings. The largest absolute Gasteiger partial charge is 0.416 e. The third-order valence-electron chi connectivity index (χ3n) is 3.18. The first kappa shape index (κ1) is 15.5. The van der Waals surface area contributed by atoms with Crippen molar-refractivity contribution in [3.8, 4) is 0 Å². The molecule has 0 unspecified atom stereocenters. The van der Waals surface area contributed by atoms with Crippen molar-refractivity contribution < 1.29 is 13.2 Å². The van der Waals surface area contributed by atoms with Crippen LogP contribution in [0.2, 0.25) is 5.15 Å². The Morgan fingerprint density at radius 1 is 1.13 bits per heavy atom. The third kappa shape index (κ3) is 3.50. The second-order valence-corrected chi connectivity index (χ2v) is 5.14. The lowest BCUT2D eigenvalue weighted by Gasteiger charge is -2.22. The monoisotopic (exact) mass is 338 g/mol. The van der Waals surface area contributed by atoms with E-state index in [2.05, 4.69) is 15.0 Å². The number of benzene rings is 1. The summed E-state index contributed by atoms with van der Waals surface area (Å²) in [6.07, 6.45) is -1.40. The number of nitrogens with zero attached hydrogens (tertiary/aromatic N) is 4. The Labute approximate surface area is 135 Å². The summed E-state index contributed by atoms with van der Waals surface area (Å²) < 4.78 is 38.3. The summed E-state index contributed by atoms with van der Waals surface area (Å²) in [5.74, 6) is 0.456. The van der Waals surface area contributed by atoms with Crippen molar-refractivity contribution in [2.24, 2.45) is 9.98 Å². The Bertz CT molecular complexity index is 786. The van der Waals surface area contributed by atoms with Gasteiger partial charge < -0.3 is 4.90 Å². The number of pyridine rings is 1. The molecule has 4 nitrogen and oxygen atoms in total. The van der Waals surface area contributed by atoms with E-state index < -0.39 is 11.7 Å². The highest BCUT2D eigenvalue weighted by Crippen LogP contribution is 2.31. The first-order valence-electron chi connectivity index (χ1n) is 6.58. The molecule has 2 heterocycles. The molecule has 0 amide bonds. The maximum Gasteiger partial charge on any atom is 0.416 e. The van der Waals surface area contributed by atoms with Crippen molar-refractivity contribution >= 4 is 29.5 Å². The molecule has 2 aromatic rings. The average molecular weight is 339 g/mol. The molecule has 8 heteroatoms. The van der Waals surface area contributed by atoms with E-state index in [9.17, 15) is 13.2 Å². The molecular formula is C15H10ClF3N4. The van der Waals surface area contributed by atoms with Gasteiger partial charge in [0.15, 0.2) is 5.84 Å². The fourth-order valence-corrected chi connectivity index (χ4v) is 2.24. The minimum absolute atomic E-state index is 0.167. The Morgan fingerprint density at radius 2 is 1.96 bits per heavy atom. The highest BCUT2D eigenvalue weighted by molar-refractivity contribution is 6.29. The molecule has 0 radical (unpaired) electrons. The van der Waals surface area contributed by atoms with E-state index in [1.807, 2.05) is 0 Å². The van der Waals surface area contributed by atoms with Gasteiger partial charge in [-0.2, -0.15) is 13.2 Å². The fraction of sp³-hybridized carbons (Fsp3) is 0.133. The predicted octanol–water partition coefficient (Wildman–Crippen LogP) is 4.01. The van der Waals surface area contributed by atoms with Gasteiger partial charge in [-0.05, 0) is 30.3 Å². The minimum Gasteiger partial charge on any atom is -0.312 e. The second-order valence-electron chi connectivity index (χ2n) is 4.75. The molecule has 0 spiro atoms. The lowest BCUT2D eigenvalue weighted by atomic mass is 10.2. The van der Waals surface area contributed by atoms with Gasteiger partial charge in [0.05, 0.1) is 11.9 Å². The lowest BCUT2D eigenvalue weighted by Crippen LogP contribution is -2.26. The molecule has 1 aliphatic rings. The maximum atomic E-state index is 12.8. The zero-order valence-electron chi connectivity index (χ0n) is 11.6. The summed E-state index contributed by atoms with van der Waals surface area (Å²) in [6, 6.07) is 8.35. The van der Waals surface area contributed by atoms with E-state index in [0.717, 1.165) is 12.1 Å². The SMILES string of the molecule is FC(F)(F)c1cccc(N2C=NC(c3ccnc(Cl)c3)=NC2)c1. The Balaban J connectivity index is 1.81. The van der Waals surface area contributed by atoms with Crippen LogP contribution in [0.15, 0.2) is 52.6 Å². The summed E-state index contributed by atoms with van der Waals surface area (Å²) >= 11 is 5.81. The molecule has 118 valence electrons. The number of hydrogen-bond acceptors (Lipinski definition) is 4. The van der Waals surface area contributed by atoms with Gasteiger partial charge >= 0.3 is 6.18 Å². The highest BCUT2D eigenvalue weighted by atomic mass is 35.5. The summed E-state index contributed by atoms with van der Waals surface area (Å²) in [6.45, 7) is 0.167. The number of halogens is 4. The molecule has 23 heavy (non-hydrogen) atoms. The first-order chi connectivity index (χ1) is 10.9. The van der Waals surface area contributed by atoms with Gasteiger partial charge in [-0.3, -0.25) is 0 Å². The summed E-state index contributed by atoms with van der Waals surface area (Å²) in [4.78, 5) is 13.8. The van der Waals surface area contributed by atoms with Crippen molar-refractivity contribution in [2.45, 2.75) is 6.18 Å². The molecule has 1 aliphatic heterocycles. The summed E-state index contributed by atoms with van der Waals surface area (Å²) in [5, 5.41) is 0.320. The van der Waals surface area contributed by atoms with Crippen LogP contribution >= 0.6 is 11.6 Å². The van der Waals surface area contributed by atoms with Crippen molar-refractivity contribution in [1.29, 1.82) is 0 Å². The molecule has 1 aromatic heterocycles. The zero-order chi connectivity index (χ0) is 16.4. The van der Waals surface area contributed by atoms with Crippen molar-refractivity contribution in [3.05, 3.63) is 58.9 Å². The molecule has 0 aliphatic carbocycles. The van der Waals surface area contributed by atoms with E-state index in [1.54, 1.807) is 18.2 Å². The molecule has 0 bridgehead atoms. The van der Waals surface area contributed by atoms with Crippen LogP contribution in [-0.2, 0) is 6.18 Å². The first-order valence-corrected chi connectivity index (χ1v) is 6.96. The molecular weight excluding hydrogens is 329 g/mol. The second kappa shape index (κ2) is 6.00. The number of amidine groups is 1. The van der Waals surface area contributed by atoms with Crippen molar-refractivity contribution in [1.82, 2.24) is 4.98 Å². The molecule has 1 aromatic carbocycles. The summed E-state index contributed by atoms with van der Waals surface area (Å²) in [7, 11) is 0. The van der Waals surface area contributed by atoms with Crippen LogP contribution in [0.1, 0.15) is 11.1 Å². The molecule has 0 saturated carbocycles. The topological polar surface area (TPSA) is 40.9 Å². The summed E-state index contributed by atoms with van der Waals surface area (Å²) in [5.41, 5.74) is 0.364. The number of aromatic nitrogens is 1. The third-order valence-corrected chi connectivity index (χ3v) is 3.39.